The lowest BCUT2D eigenvalue weighted by molar-refractivity contribution is -0.496. The average Bonchev–Trinajstić information content (AvgIpc) is 1.93. The third kappa shape index (κ3) is 2.20. The van der Waals surface area contributed by atoms with Crippen LogP contribution < -0.4 is 0 Å². The zero-order valence-corrected chi connectivity index (χ0v) is 6.41. The third-order valence-electron chi connectivity index (χ3n) is 1.26. The number of hydrogen-bond donors (Lipinski definition) is 0. The van der Waals surface area contributed by atoms with Crippen LogP contribution in [0.15, 0.2) is 24.3 Å². The van der Waals surface area contributed by atoms with Gasteiger partial charge >= 0.3 is 0 Å². The fourth-order valence-corrected chi connectivity index (χ4v) is 0.961. The Labute approximate surface area is 68.8 Å². The lowest BCUT2D eigenvalue weighted by Gasteiger charge is -1.96. The van der Waals surface area contributed by atoms with E-state index in [2.05, 4.69) is 0 Å². The third-order valence-corrected chi connectivity index (χ3v) is 1.63. The molecule has 3 nitrogen and oxygen atoms in total. The van der Waals surface area contributed by atoms with Crippen molar-refractivity contribution in [3.8, 4) is 0 Å². The summed E-state index contributed by atoms with van der Waals surface area (Å²) in [6.07, 6.45) is 0. The summed E-state index contributed by atoms with van der Waals surface area (Å²) in [6.45, 7) is -0.209. The molecule has 0 bridgehead atoms. The average molecular weight is 172 g/mol. The summed E-state index contributed by atoms with van der Waals surface area (Å²) in [5.41, 5.74) is 0.555. The van der Waals surface area contributed by atoms with Gasteiger partial charge in [0.05, 0.1) is 5.02 Å². The first kappa shape index (κ1) is 8.01. The van der Waals surface area contributed by atoms with Crippen molar-refractivity contribution < 1.29 is 4.92 Å². The normalized spacial score (nSPS) is 9.55. The van der Waals surface area contributed by atoms with Gasteiger partial charge in [0.25, 0.3) is 0 Å². The van der Waals surface area contributed by atoms with Gasteiger partial charge in [0, 0.05) is 10.5 Å². The second kappa shape index (κ2) is 3.34. The van der Waals surface area contributed by atoms with Gasteiger partial charge in [0.2, 0.25) is 6.54 Å². The van der Waals surface area contributed by atoms with Gasteiger partial charge in [-0.15, -0.1) is 0 Å². The van der Waals surface area contributed by atoms with Gasteiger partial charge in [-0.25, -0.2) is 0 Å². The molecule has 0 fully saturated rings. The van der Waals surface area contributed by atoms with Gasteiger partial charge in [0.1, 0.15) is 0 Å². The summed E-state index contributed by atoms with van der Waals surface area (Å²) < 4.78 is 0. The molecule has 0 atom stereocenters. The van der Waals surface area contributed by atoms with E-state index in [4.69, 9.17) is 11.6 Å². The minimum Gasteiger partial charge on any atom is -0.264 e. The van der Waals surface area contributed by atoms with Gasteiger partial charge in [-0.3, -0.25) is 10.1 Å². The van der Waals surface area contributed by atoms with E-state index in [0.29, 0.717) is 10.6 Å². The van der Waals surface area contributed by atoms with E-state index < -0.39 is 4.92 Å². The molecular weight excluding hydrogens is 166 g/mol. The van der Waals surface area contributed by atoms with Gasteiger partial charge in [-0.05, 0) is 6.07 Å². The number of hydrogen-bond acceptors (Lipinski definition) is 2. The molecule has 0 aliphatic rings. The molecule has 0 aliphatic heterocycles. The standard InChI is InChI=1S/C7H6ClNO2/c8-7-4-2-1-3-6(7)5-9(10)11/h1-4H,5H2. The van der Waals surface area contributed by atoms with Gasteiger partial charge in [-0.1, -0.05) is 29.8 Å². The van der Waals surface area contributed by atoms with Crippen molar-refractivity contribution in [2.75, 3.05) is 0 Å². The summed E-state index contributed by atoms with van der Waals surface area (Å²) >= 11 is 5.66. The van der Waals surface area contributed by atoms with E-state index in [9.17, 15) is 10.1 Å². The quantitative estimate of drug-likeness (QED) is 0.505. The van der Waals surface area contributed by atoms with Crippen LogP contribution in [0.2, 0.25) is 5.02 Å². The second-order valence-electron chi connectivity index (χ2n) is 2.08. The number of nitrogens with zero attached hydrogens (tertiary/aromatic N) is 1. The first-order valence-electron chi connectivity index (χ1n) is 3.05. The summed E-state index contributed by atoms with van der Waals surface area (Å²) in [5, 5.41) is 10.5. The topological polar surface area (TPSA) is 43.1 Å². The van der Waals surface area contributed by atoms with Crippen molar-refractivity contribution in [1.29, 1.82) is 0 Å². The van der Waals surface area contributed by atoms with Crippen LogP contribution in [0.5, 0.6) is 0 Å². The molecule has 0 spiro atoms. The Morgan fingerprint density at radius 2 is 2.09 bits per heavy atom. The molecule has 0 aromatic heterocycles. The first-order valence-corrected chi connectivity index (χ1v) is 3.43. The summed E-state index contributed by atoms with van der Waals surface area (Å²) in [6, 6.07) is 6.75. The molecule has 0 saturated carbocycles. The van der Waals surface area contributed by atoms with Crippen LogP contribution in [0.1, 0.15) is 5.56 Å². The maximum absolute atomic E-state index is 10.1. The Hall–Kier alpha value is -1.09. The number of halogens is 1. The van der Waals surface area contributed by atoms with Crippen LogP contribution in [0, 0.1) is 10.1 Å². The fourth-order valence-electron chi connectivity index (χ4n) is 0.766. The molecule has 0 saturated heterocycles. The van der Waals surface area contributed by atoms with E-state index in [-0.39, 0.29) is 6.54 Å². The van der Waals surface area contributed by atoms with Gasteiger partial charge < -0.3 is 0 Å². The monoisotopic (exact) mass is 171 g/mol. The Morgan fingerprint density at radius 1 is 1.45 bits per heavy atom. The molecule has 0 amide bonds. The Kier molecular flexibility index (Phi) is 2.44. The molecule has 1 aromatic carbocycles. The van der Waals surface area contributed by atoms with Crippen molar-refractivity contribution in [2.45, 2.75) is 6.54 Å². The van der Waals surface area contributed by atoms with E-state index in [1.807, 2.05) is 0 Å². The highest BCUT2D eigenvalue weighted by Gasteiger charge is 2.04. The highest BCUT2D eigenvalue weighted by molar-refractivity contribution is 6.31. The molecule has 0 aliphatic carbocycles. The molecular formula is C7H6ClNO2. The molecule has 0 radical (unpaired) electrons. The minimum absolute atomic E-state index is 0.209. The van der Waals surface area contributed by atoms with E-state index >= 15 is 0 Å². The lowest BCUT2D eigenvalue weighted by Crippen LogP contribution is -1.98. The second-order valence-corrected chi connectivity index (χ2v) is 2.49. The van der Waals surface area contributed by atoms with Gasteiger partial charge in [-0.2, -0.15) is 0 Å². The van der Waals surface area contributed by atoms with Crippen LogP contribution in [-0.4, -0.2) is 4.92 Å². The van der Waals surface area contributed by atoms with Crippen LogP contribution in [0.3, 0.4) is 0 Å². The maximum Gasteiger partial charge on any atom is 0.230 e. The van der Waals surface area contributed by atoms with Crippen molar-refractivity contribution in [3.05, 3.63) is 45.0 Å². The molecule has 58 valence electrons. The molecule has 11 heavy (non-hydrogen) atoms. The highest BCUT2D eigenvalue weighted by atomic mass is 35.5. The number of nitro groups is 1. The van der Waals surface area contributed by atoms with Crippen molar-refractivity contribution in [2.24, 2.45) is 0 Å². The predicted molar refractivity (Wildman–Crippen MR) is 42.2 cm³/mol. The van der Waals surface area contributed by atoms with Gasteiger partial charge in [0.15, 0.2) is 0 Å². The predicted octanol–water partition coefficient (Wildman–Crippen LogP) is 2.12. The zero-order chi connectivity index (χ0) is 8.27. The van der Waals surface area contributed by atoms with Crippen LogP contribution >= 0.6 is 11.6 Å². The SMILES string of the molecule is O=[N+]([O-])Cc1ccccc1Cl. The molecule has 0 N–H and O–H groups in total. The van der Waals surface area contributed by atoms with E-state index in [1.165, 1.54) is 0 Å². The van der Waals surface area contributed by atoms with E-state index in [0.717, 1.165) is 0 Å². The first-order chi connectivity index (χ1) is 5.20. The van der Waals surface area contributed by atoms with Crippen molar-refractivity contribution in [3.63, 3.8) is 0 Å². The molecule has 1 aromatic rings. The smallest absolute Gasteiger partial charge is 0.230 e. The lowest BCUT2D eigenvalue weighted by atomic mass is 10.2. The Balaban J connectivity index is 2.86. The fraction of sp³-hybridized carbons (Fsp3) is 0.143. The van der Waals surface area contributed by atoms with Crippen LogP contribution in [0.4, 0.5) is 0 Å². The number of benzene rings is 1. The van der Waals surface area contributed by atoms with Crippen molar-refractivity contribution >= 4 is 11.6 Å². The summed E-state index contributed by atoms with van der Waals surface area (Å²) in [5.74, 6) is 0. The molecule has 0 heterocycles. The number of rotatable bonds is 2. The maximum atomic E-state index is 10.1. The Morgan fingerprint density at radius 3 is 2.64 bits per heavy atom. The molecule has 1 rings (SSSR count). The minimum atomic E-state index is -0.402. The summed E-state index contributed by atoms with van der Waals surface area (Å²) in [4.78, 5) is 9.67. The van der Waals surface area contributed by atoms with E-state index in [1.54, 1.807) is 24.3 Å². The summed E-state index contributed by atoms with van der Waals surface area (Å²) in [7, 11) is 0. The zero-order valence-electron chi connectivity index (χ0n) is 5.66. The molecule has 4 heteroatoms. The molecule has 0 unspecified atom stereocenters. The largest absolute Gasteiger partial charge is 0.264 e. The Bertz CT molecular complexity index is 275. The van der Waals surface area contributed by atoms with Crippen LogP contribution in [0.25, 0.3) is 0 Å². The van der Waals surface area contributed by atoms with Crippen molar-refractivity contribution in [1.82, 2.24) is 0 Å². The van der Waals surface area contributed by atoms with Crippen LogP contribution in [-0.2, 0) is 6.54 Å². The highest BCUT2D eigenvalue weighted by Crippen LogP contribution is 2.14.